The molecule has 0 aliphatic carbocycles. The SMILES string of the molecule is CCOc1cc(/C=N\n2c(C3CCCO3)n[nH]c2=S)ccc1OCc1cc(C)ccc1C. The Labute approximate surface area is 193 Å². The van der Waals surface area contributed by atoms with E-state index in [0.29, 0.717) is 35.3 Å². The molecule has 32 heavy (non-hydrogen) atoms. The minimum absolute atomic E-state index is 0.0834. The van der Waals surface area contributed by atoms with Crippen molar-refractivity contribution in [3.63, 3.8) is 0 Å². The molecule has 1 N–H and O–H groups in total. The van der Waals surface area contributed by atoms with Gasteiger partial charge in [0.1, 0.15) is 12.7 Å². The first kappa shape index (κ1) is 22.2. The van der Waals surface area contributed by atoms with Crippen molar-refractivity contribution in [3.8, 4) is 11.5 Å². The second kappa shape index (κ2) is 10.1. The van der Waals surface area contributed by atoms with Crippen molar-refractivity contribution in [1.82, 2.24) is 14.9 Å². The molecule has 7 nitrogen and oxygen atoms in total. The number of hydrogen-bond donors (Lipinski definition) is 1. The lowest BCUT2D eigenvalue weighted by Gasteiger charge is -2.14. The Morgan fingerprint density at radius 2 is 2.09 bits per heavy atom. The smallest absolute Gasteiger partial charge is 0.216 e. The highest BCUT2D eigenvalue weighted by molar-refractivity contribution is 7.71. The highest BCUT2D eigenvalue weighted by atomic mass is 32.1. The van der Waals surface area contributed by atoms with Gasteiger partial charge >= 0.3 is 0 Å². The van der Waals surface area contributed by atoms with E-state index in [2.05, 4.69) is 47.3 Å². The molecular weight excluding hydrogens is 424 g/mol. The lowest BCUT2D eigenvalue weighted by Crippen LogP contribution is -2.05. The first-order valence-corrected chi connectivity index (χ1v) is 11.2. The molecule has 4 rings (SSSR count). The largest absolute Gasteiger partial charge is 0.490 e. The van der Waals surface area contributed by atoms with Crippen LogP contribution in [0.5, 0.6) is 11.5 Å². The van der Waals surface area contributed by atoms with E-state index in [0.717, 1.165) is 30.6 Å². The minimum atomic E-state index is -0.0834. The van der Waals surface area contributed by atoms with Gasteiger partial charge in [-0.2, -0.15) is 14.9 Å². The molecule has 1 unspecified atom stereocenters. The van der Waals surface area contributed by atoms with Crippen LogP contribution in [-0.4, -0.2) is 34.3 Å². The predicted molar refractivity (Wildman–Crippen MR) is 126 cm³/mol. The van der Waals surface area contributed by atoms with Gasteiger partial charge in [0.25, 0.3) is 0 Å². The Kier molecular flexibility index (Phi) is 7.02. The van der Waals surface area contributed by atoms with Gasteiger partial charge in [-0.05, 0) is 80.7 Å². The number of aryl methyl sites for hydroxylation is 2. The average molecular weight is 453 g/mol. The molecule has 2 heterocycles. The number of rotatable bonds is 8. The van der Waals surface area contributed by atoms with Crippen LogP contribution in [0.3, 0.4) is 0 Å². The van der Waals surface area contributed by atoms with Crippen molar-refractivity contribution >= 4 is 18.4 Å². The summed E-state index contributed by atoms with van der Waals surface area (Å²) in [4.78, 5) is 0. The van der Waals surface area contributed by atoms with Crippen LogP contribution < -0.4 is 9.47 Å². The van der Waals surface area contributed by atoms with Crippen LogP contribution in [0.25, 0.3) is 0 Å². The maximum atomic E-state index is 6.10. The Bertz CT molecular complexity index is 1160. The summed E-state index contributed by atoms with van der Waals surface area (Å²) in [6.07, 6.45) is 3.58. The van der Waals surface area contributed by atoms with Crippen LogP contribution >= 0.6 is 12.2 Å². The summed E-state index contributed by atoms with van der Waals surface area (Å²) < 4.78 is 19.7. The molecule has 0 spiro atoms. The summed E-state index contributed by atoms with van der Waals surface area (Å²) in [6, 6.07) is 12.1. The number of benzene rings is 2. The highest BCUT2D eigenvalue weighted by Crippen LogP contribution is 2.30. The molecule has 8 heteroatoms. The van der Waals surface area contributed by atoms with E-state index in [-0.39, 0.29) is 6.10 Å². The average Bonchev–Trinajstić information content (AvgIpc) is 3.44. The Morgan fingerprint density at radius 3 is 2.88 bits per heavy atom. The number of aromatic nitrogens is 3. The molecule has 1 aliphatic heterocycles. The number of nitrogens with one attached hydrogen (secondary N) is 1. The molecule has 1 saturated heterocycles. The van der Waals surface area contributed by atoms with Crippen molar-refractivity contribution in [2.75, 3.05) is 13.2 Å². The number of aromatic amines is 1. The number of hydrogen-bond acceptors (Lipinski definition) is 6. The van der Waals surface area contributed by atoms with Crippen molar-refractivity contribution in [3.05, 3.63) is 69.2 Å². The van der Waals surface area contributed by atoms with E-state index >= 15 is 0 Å². The molecule has 1 aromatic heterocycles. The van der Waals surface area contributed by atoms with Crippen molar-refractivity contribution in [2.24, 2.45) is 5.10 Å². The zero-order chi connectivity index (χ0) is 22.5. The summed E-state index contributed by atoms with van der Waals surface area (Å²) in [5.74, 6) is 2.07. The van der Waals surface area contributed by atoms with E-state index in [9.17, 15) is 0 Å². The van der Waals surface area contributed by atoms with Crippen LogP contribution in [-0.2, 0) is 11.3 Å². The number of ether oxygens (including phenoxy) is 3. The van der Waals surface area contributed by atoms with Gasteiger partial charge in [-0.3, -0.25) is 5.10 Å². The van der Waals surface area contributed by atoms with Crippen molar-refractivity contribution < 1.29 is 14.2 Å². The molecule has 1 aliphatic rings. The zero-order valence-corrected chi connectivity index (χ0v) is 19.4. The van der Waals surface area contributed by atoms with Gasteiger partial charge in [0.05, 0.1) is 12.8 Å². The normalized spacial score (nSPS) is 16.0. The first-order valence-electron chi connectivity index (χ1n) is 10.8. The maximum absolute atomic E-state index is 6.10. The van der Waals surface area contributed by atoms with E-state index in [4.69, 9.17) is 26.4 Å². The maximum Gasteiger partial charge on any atom is 0.216 e. The third-order valence-corrected chi connectivity index (χ3v) is 5.64. The second-order valence-corrected chi connectivity index (χ2v) is 8.19. The molecule has 0 radical (unpaired) electrons. The van der Waals surface area contributed by atoms with Crippen molar-refractivity contribution in [1.29, 1.82) is 0 Å². The Balaban J connectivity index is 1.54. The van der Waals surface area contributed by atoms with Gasteiger partial charge in [0.2, 0.25) is 4.77 Å². The molecule has 2 aromatic carbocycles. The van der Waals surface area contributed by atoms with Gasteiger partial charge in [0.15, 0.2) is 17.3 Å². The standard InChI is InChI=1S/C24H28N4O3S/c1-4-29-22-13-18(9-10-20(22)31-15-19-12-16(2)7-8-17(19)3)14-25-28-23(26-27-24(28)32)21-6-5-11-30-21/h7-10,12-14,21H,4-6,11,15H2,1-3H3,(H,27,32)/b25-14-. The molecule has 3 aromatic rings. The first-order chi connectivity index (χ1) is 15.5. The van der Waals surface area contributed by atoms with Crippen LogP contribution in [0.1, 0.15) is 53.9 Å². The van der Waals surface area contributed by atoms with Crippen LogP contribution in [0.2, 0.25) is 0 Å². The van der Waals surface area contributed by atoms with Gasteiger partial charge in [-0.15, -0.1) is 0 Å². The van der Waals surface area contributed by atoms with Crippen LogP contribution in [0.15, 0.2) is 41.5 Å². The van der Waals surface area contributed by atoms with E-state index < -0.39 is 0 Å². The fourth-order valence-electron chi connectivity index (χ4n) is 3.63. The van der Waals surface area contributed by atoms with E-state index in [1.54, 1.807) is 10.9 Å². The van der Waals surface area contributed by atoms with E-state index in [1.165, 1.54) is 11.1 Å². The monoisotopic (exact) mass is 452 g/mol. The minimum Gasteiger partial charge on any atom is -0.490 e. The summed E-state index contributed by atoms with van der Waals surface area (Å²) >= 11 is 5.34. The lowest BCUT2D eigenvalue weighted by atomic mass is 10.1. The highest BCUT2D eigenvalue weighted by Gasteiger charge is 2.23. The molecular formula is C24H28N4O3S. The molecule has 0 bridgehead atoms. The lowest BCUT2D eigenvalue weighted by molar-refractivity contribution is 0.102. The summed E-state index contributed by atoms with van der Waals surface area (Å²) in [6.45, 7) is 7.88. The summed E-state index contributed by atoms with van der Waals surface area (Å²) in [5.41, 5.74) is 4.45. The molecule has 168 valence electrons. The molecule has 0 amide bonds. The Morgan fingerprint density at radius 1 is 1.22 bits per heavy atom. The summed E-state index contributed by atoms with van der Waals surface area (Å²) in [7, 11) is 0. The third-order valence-electron chi connectivity index (χ3n) is 5.37. The van der Waals surface area contributed by atoms with Gasteiger partial charge < -0.3 is 14.2 Å². The number of H-pyrrole nitrogens is 1. The van der Waals surface area contributed by atoms with Crippen LogP contribution in [0.4, 0.5) is 0 Å². The topological polar surface area (TPSA) is 73.7 Å². The molecule has 0 saturated carbocycles. The summed E-state index contributed by atoms with van der Waals surface area (Å²) in [5, 5.41) is 11.7. The quantitative estimate of drug-likeness (QED) is 0.372. The second-order valence-electron chi connectivity index (χ2n) is 7.80. The zero-order valence-electron chi connectivity index (χ0n) is 18.6. The van der Waals surface area contributed by atoms with E-state index in [1.807, 2.05) is 25.1 Å². The molecule has 1 atom stereocenters. The number of nitrogens with zero attached hydrogens (tertiary/aromatic N) is 3. The predicted octanol–water partition coefficient (Wildman–Crippen LogP) is 5.27. The van der Waals surface area contributed by atoms with Crippen molar-refractivity contribution in [2.45, 2.75) is 46.3 Å². The fourth-order valence-corrected chi connectivity index (χ4v) is 3.82. The van der Waals surface area contributed by atoms with Gasteiger partial charge in [0, 0.05) is 6.61 Å². The molecule has 1 fully saturated rings. The third kappa shape index (κ3) is 5.08. The Hall–Kier alpha value is -2.97. The van der Waals surface area contributed by atoms with Gasteiger partial charge in [-0.25, -0.2) is 0 Å². The van der Waals surface area contributed by atoms with Crippen LogP contribution in [0, 0.1) is 18.6 Å². The van der Waals surface area contributed by atoms with Gasteiger partial charge in [-0.1, -0.05) is 23.8 Å². The fraction of sp³-hybridized carbons (Fsp3) is 0.375.